The average molecular weight is 287 g/mol. The summed E-state index contributed by atoms with van der Waals surface area (Å²) in [5.41, 5.74) is 1.00. The molecule has 0 aliphatic carbocycles. The molecule has 0 aromatic heterocycles. The average Bonchev–Trinajstić information content (AvgIpc) is 2.52. The van der Waals surface area contributed by atoms with Crippen LogP contribution >= 0.6 is 0 Å². The number of nitrogens with zero attached hydrogens (tertiary/aromatic N) is 1. The molecular formula is C17H21NO3. The standard InChI is InChI=1S/C17H21NO3/c19-16(10-8-14-5-2-1-3-6-14)18-12-4-7-15(13-18)9-11-17(20)21/h1-3,5-6,8,10,15H,4,7,9,11-13H2,(H,20,21)/b10-8+/t15-/m1/s1. The number of carboxylic acid groups (broad SMARTS) is 1. The number of aliphatic carboxylic acids is 1. The van der Waals surface area contributed by atoms with E-state index in [1.54, 1.807) is 6.08 Å². The zero-order valence-electron chi connectivity index (χ0n) is 12.1. The van der Waals surface area contributed by atoms with Gasteiger partial charge in [-0.25, -0.2) is 0 Å². The highest BCUT2D eigenvalue weighted by Gasteiger charge is 2.22. The SMILES string of the molecule is O=C(O)CC[C@H]1CCCN(C(=O)/C=C/c2ccccc2)C1. The van der Waals surface area contributed by atoms with Crippen LogP contribution in [0.25, 0.3) is 6.08 Å². The van der Waals surface area contributed by atoms with Gasteiger partial charge in [0.25, 0.3) is 0 Å². The molecule has 0 saturated carbocycles. The van der Waals surface area contributed by atoms with Gasteiger partial charge in [-0.2, -0.15) is 0 Å². The number of amides is 1. The highest BCUT2D eigenvalue weighted by Crippen LogP contribution is 2.21. The van der Waals surface area contributed by atoms with E-state index in [1.165, 1.54) is 0 Å². The fourth-order valence-electron chi connectivity index (χ4n) is 2.67. The van der Waals surface area contributed by atoms with Gasteiger partial charge in [0.15, 0.2) is 0 Å². The van der Waals surface area contributed by atoms with Crippen molar-refractivity contribution in [1.29, 1.82) is 0 Å². The first-order valence-electron chi connectivity index (χ1n) is 7.39. The van der Waals surface area contributed by atoms with Crippen LogP contribution in [0.3, 0.4) is 0 Å². The quantitative estimate of drug-likeness (QED) is 0.847. The third-order valence-corrected chi connectivity index (χ3v) is 3.82. The Kier molecular flexibility index (Phi) is 5.55. The molecule has 0 bridgehead atoms. The lowest BCUT2D eigenvalue weighted by Crippen LogP contribution is -2.39. The van der Waals surface area contributed by atoms with Crippen LogP contribution in [0.15, 0.2) is 36.4 Å². The number of hydrogen-bond donors (Lipinski definition) is 1. The summed E-state index contributed by atoms with van der Waals surface area (Å²) in [6.07, 6.45) is 6.24. The van der Waals surface area contributed by atoms with Crippen molar-refractivity contribution in [2.24, 2.45) is 5.92 Å². The van der Waals surface area contributed by atoms with Gasteiger partial charge in [0.05, 0.1) is 0 Å². The van der Waals surface area contributed by atoms with Crippen LogP contribution in [0, 0.1) is 5.92 Å². The smallest absolute Gasteiger partial charge is 0.303 e. The van der Waals surface area contributed by atoms with E-state index in [-0.39, 0.29) is 12.3 Å². The van der Waals surface area contributed by atoms with Gasteiger partial charge in [-0.3, -0.25) is 9.59 Å². The van der Waals surface area contributed by atoms with Crippen molar-refractivity contribution in [3.05, 3.63) is 42.0 Å². The van der Waals surface area contributed by atoms with Gasteiger partial charge in [0.2, 0.25) is 5.91 Å². The Hall–Kier alpha value is -2.10. The van der Waals surface area contributed by atoms with Crippen molar-refractivity contribution in [3.8, 4) is 0 Å². The number of carbonyl (C=O) groups excluding carboxylic acids is 1. The number of piperidine rings is 1. The molecule has 1 heterocycles. The van der Waals surface area contributed by atoms with E-state index in [4.69, 9.17) is 5.11 Å². The lowest BCUT2D eigenvalue weighted by Gasteiger charge is -2.32. The molecule has 1 saturated heterocycles. The molecular weight excluding hydrogens is 266 g/mol. The largest absolute Gasteiger partial charge is 0.481 e. The second kappa shape index (κ2) is 7.62. The maximum absolute atomic E-state index is 12.2. The monoisotopic (exact) mass is 287 g/mol. The van der Waals surface area contributed by atoms with Crippen molar-refractivity contribution in [2.75, 3.05) is 13.1 Å². The van der Waals surface area contributed by atoms with E-state index in [0.29, 0.717) is 18.9 Å². The summed E-state index contributed by atoms with van der Waals surface area (Å²) in [4.78, 5) is 24.6. The lowest BCUT2D eigenvalue weighted by atomic mass is 9.93. The normalized spacial score (nSPS) is 18.9. The Balaban J connectivity index is 1.87. The lowest BCUT2D eigenvalue weighted by molar-refractivity contribution is -0.137. The molecule has 21 heavy (non-hydrogen) atoms. The topological polar surface area (TPSA) is 57.6 Å². The van der Waals surface area contributed by atoms with Crippen LogP contribution in [-0.4, -0.2) is 35.0 Å². The van der Waals surface area contributed by atoms with Gasteiger partial charge in [0.1, 0.15) is 0 Å². The molecule has 1 atom stereocenters. The van der Waals surface area contributed by atoms with Crippen LogP contribution in [0.1, 0.15) is 31.2 Å². The molecule has 4 heteroatoms. The zero-order valence-corrected chi connectivity index (χ0v) is 12.1. The number of likely N-dealkylation sites (tertiary alicyclic amines) is 1. The van der Waals surface area contributed by atoms with E-state index in [2.05, 4.69) is 0 Å². The molecule has 1 amide bonds. The number of hydrogen-bond acceptors (Lipinski definition) is 2. The predicted molar refractivity (Wildman–Crippen MR) is 81.6 cm³/mol. The summed E-state index contributed by atoms with van der Waals surface area (Å²) in [6.45, 7) is 1.44. The van der Waals surface area contributed by atoms with Gasteiger partial charge >= 0.3 is 5.97 Å². The maximum atomic E-state index is 12.2. The molecule has 0 unspecified atom stereocenters. The predicted octanol–water partition coefficient (Wildman–Crippen LogP) is 2.80. The molecule has 2 rings (SSSR count). The summed E-state index contributed by atoms with van der Waals surface area (Å²) in [7, 11) is 0. The van der Waals surface area contributed by atoms with Gasteiger partial charge in [-0.05, 0) is 36.8 Å². The number of rotatable bonds is 5. The van der Waals surface area contributed by atoms with E-state index in [0.717, 1.165) is 24.9 Å². The first kappa shape index (κ1) is 15.3. The van der Waals surface area contributed by atoms with E-state index >= 15 is 0 Å². The van der Waals surface area contributed by atoms with Crippen LogP contribution in [0.4, 0.5) is 0 Å². The number of carbonyl (C=O) groups is 2. The molecule has 1 N–H and O–H groups in total. The minimum atomic E-state index is -0.762. The minimum absolute atomic E-state index is 0.0129. The fraction of sp³-hybridized carbons (Fsp3) is 0.412. The van der Waals surface area contributed by atoms with E-state index in [1.807, 2.05) is 41.3 Å². The first-order chi connectivity index (χ1) is 10.1. The summed E-state index contributed by atoms with van der Waals surface area (Å²) in [5.74, 6) is -0.440. The van der Waals surface area contributed by atoms with Crippen LogP contribution in [-0.2, 0) is 9.59 Å². The Morgan fingerprint density at radius 2 is 2.05 bits per heavy atom. The second-order valence-corrected chi connectivity index (χ2v) is 5.47. The summed E-state index contributed by atoms with van der Waals surface area (Å²) in [6, 6.07) is 9.72. The molecule has 112 valence electrons. The van der Waals surface area contributed by atoms with Crippen LogP contribution in [0.2, 0.25) is 0 Å². The van der Waals surface area contributed by atoms with Crippen molar-refractivity contribution in [2.45, 2.75) is 25.7 Å². The van der Waals surface area contributed by atoms with Gasteiger partial charge in [-0.1, -0.05) is 30.3 Å². The van der Waals surface area contributed by atoms with Crippen LogP contribution in [0.5, 0.6) is 0 Å². The third kappa shape index (κ3) is 5.06. The van der Waals surface area contributed by atoms with Crippen molar-refractivity contribution < 1.29 is 14.7 Å². The van der Waals surface area contributed by atoms with E-state index in [9.17, 15) is 9.59 Å². The van der Waals surface area contributed by atoms with Crippen LogP contribution < -0.4 is 0 Å². The highest BCUT2D eigenvalue weighted by atomic mass is 16.4. The van der Waals surface area contributed by atoms with Gasteiger partial charge in [0, 0.05) is 25.6 Å². The molecule has 1 aromatic carbocycles. The van der Waals surface area contributed by atoms with Crippen molar-refractivity contribution in [3.63, 3.8) is 0 Å². The third-order valence-electron chi connectivity index (χ3n) is 3.82. The zero-order chi connectivity index (χ0) is 15.1. The van der Waals surface area contributed by atoms with Gasteiger partial charge in [-0.15, -0.1) is 0 Å². The number of benzene rings is 1. The van der Waals surface area contributed by atoms with Crippen molar-refractivity contribution >= 4 is 18.0 Å². The highest BCUT2D eigenvalue weighted by molar-refractivity contribution is 5.91. The summed E-state index contributed by atoms with van der Waals surface area (Å²) < 4.78 is 0. The Bertz CT molecular complexity index is 510. The van der Waals surface area contributed by atoms with Crippen molar-refractivity contribution in [1.82, 2.24) is 4.90 Å². The Morgan fingerprint density at radius 1 is 1.29 bits per heavy atom. The molecule has 0 radical (unpaired) electrons. The maximum Gasteiger partial charge on any atom is 0.303 e. The molecule has 1 fully saturated rings. The Labute approximate surface area is 125 Å². The van der Waals surface area contributed by atoms with Gasteiger partial charge < -0.3 is 10.0 Å². The van der Waals surface area contributed by atoms with E-state index < -0.39 is 5.97 Å². The Morgan fingerprint density at radius 3 is 2.76 bits per heavy atom. The molecule has 0 spiro atoms. The summed E-state index contributed by atoms with van der Waals surface area (Å²) >= 11 is 0. The molecule has 4 nitrogen and oxygen atoms in total. The minimum Gasteiger partial charge on any atom is -0.481 e. The molecule has 1 aromatic rings. The summed E-state index contributed by atoms with van der Waals surface area (Å²) in [5, 5.41) is 8.74. The first-order valence-corrected chi connectivity index (χ1v) is 7.39. The molecule has 1 aliphatic rings. The number of carboxylic acids is 1. The fourth-order valence-corrected chi connectivity index (χ4v) is 2.67. The second-order valence-electron chi connectivity index (χ2n) is 5.47. The molecule has 1 aliphatic heterocycles.